The first kappa shape index (κ1) is 17.0. The molecule has 3 nitrogen and oxygen atoms in total. The molecule has 1 aliphatic rings. The average molecular weight is 357 g/mol. The van der Waals surface area contributed by atoms with E-state index in [9.17, 15) is 5.11 Å². The van der Waals surface area contributed by atoms with Gasteiger partial charge in [-0.3, -0.25) is 4.68 Å². The van der Waals surface area contributed by atoms with Crippen molar-refractivity contribution in [2.24, 2.45) is 11.3 Å². The Bertz CT molecular complexity index is 475. The first-order chi connectivity index (χ1) is 9.89. The van der Waals surface area contributed by atoms with Crippen LogP contribution in [0.1, 0.15) is 64.3 Å². The highest BCUT2D eigenvalue weighted by atomic mass is 79.9. The fourth-order valence-electron chi connectivity index (χ4n) is 4.03. The fraction of sp³-hybridized carbons (Fsp3) is 0.824. The number of aromatic nitrogens is 2. The molecule has 1 aromatic heterocycles. The molecule has 2 rings (SSSR count). The number of nitrogens with zero attached hydrogens (tertiary/aromatic N) is 2. The molecule has 4 heteroatoms. The molecule has 1 heterocycles. The second kappa shape index (κ2) is 6.82. The van der Waals surface area contributed by atoms with Crippen LogP contribution in [0.3, 0.4) is 0 Å². The van der Waals surface area contributed by atoms with Gasteiger partial charge in [0, 0.05) is 13.0 Å². The van der Waals surface area contributed by atoms with Crippen LogP contribution in [0.15, 0.2) is 4.47 Å². The first-order valence-corrected chi connectivity index (χ1v) is 9.08. The number of aryl methyl sites for hydroxylation is 2. The Labute approximate surface area is 137 Å². The van der Waals surface area contributed by atoms with Crippen molar-refractivity contribution in [3.63, 3.8) is 0 Å². The van der Waals surface area contributed by atoms with E-state index < -0.39 is 0 Å². The predicted octanol–water partition coefficient (Wildman–Crippen LogP) is 4.48. The number of halogens is 1. The van der Waals surface area contributed by atoms with Crippen LogP contribution in [0.2, 0.25) is 0 Å². The zero-order chi connectivity index (χ0) is 15.6. The highest BCUT2D eigenvalue weighted by Gasteiger charge is 2.41. The molecule has 1 atom stereocenters. The van der Waals surface area contributed by atoms with Crippen molar-refractivity contribution in [2.75, 3.05) is 0 Å². The Morgan fingerprint density at radius 2 is 1.95 bits per heavy atom. The topological polar surface area (TPSA) is 38.0 Å². The molecular weight excluding hydrogens is 328 g/mol. The second-order valence-corrected chi connectivity index (χ2v) is 7.84. The third-order valence-corrected chi connectivity index (χ3v) is 5.99. The summed E-state index contributed by atoms with van der Waals surface area (Å²) in [5, 5.41) is 15.5. The molecule has 0 amide bonds. The van der Waals surface area contributed by atoms with Crippen LogP contribution in [-0.2, 0) is 13.0 Å². The molecule has 0 saturated heterocycles. The van der Waals surface area contributed by atoms with Gasteiger partial charge in [0.2, 0.25) is 0 Å². The van der Waals surface area contributed by atoms with Crippen LogP contribution in [0, 0.1) is 18.3 Å². The molecule has 1 saturated carbocycles. The molecule has 120 valence electrons. The molecule has 1 fully saturated rings. The van der Waals surface area contributed by atoms with Gasteiger partial charge in [-0.05, 0) is 60.4 Å². The highest BCUT2D eigenvalue weighted by Crippen LogP contribution is 2.47. The summed E-state index contributed by atoms with van der Waals surface area (Å²) in [6.45, 7) is 9.51. The Balaban J connectivity index is 2.21. The lowest BCUT2D eigenvalue weighted by Crippen LogP contribution is -2.36. The quantitative estimate of drug-likeness (QED) is 0.815. The molecule has 0 radical (unpaired) electrons. The molecule has 1 aromatic rings. The van der Waals surface area contributed by atoms with E-state index in [1.807, 2.05) is 11.6 Å². The Morgan fingerprint density at radius 3 is 2.48 bits per heavy atom. The summed E-state index contributed by atoms with van der Waals surface area (Å²) in [6.07, 6.45) is 6.44. The SMILES string of the molecule is CCn1nc(C)c(Br)c1CC(O)C1(CC(C)C)CCCC1. The van der Waals surface area contributed by atoms with E-state index in [2.05, 4.69) is 41.8 Å². The summed E-state index contributed by atoms with van der Waals surface area (Å²) >= 11 is 3.65. The predicted molar refractivity (Wildman–Crippen MR) is 90.4 cm³/mol. The normalized spacial score (nSPS) is 19.4. The van der Waals surface area contributed by atoms with Gasteiger partial charge in [-0.15, -0.1) is 0 Å². The van der Waals surface area contributed by atoms with Gasteiger partial charge in [-0.2, -0.15) is 5.10 Å². The lowest BCUT2D eigenvalue weighted by Gasteiger charge is -2.36. The fourth-order valence-corrected chi connectivity index (χ4v) is 4.48. The summed E-state index contributed by atoms with van der Waals surface area (Å²) in [5.41, 5.74) is 2.28. The van der Waals surface area contributed by atoms with Crippen molar-refractivity contribution in [3.05, 3.63) is 15.9 Å². The summed E-state index contributed by atoms with van der Waals surface area (Å²) in [6, 6.07) is 0. The van der Waals surface area contributed by atoms with E-state index in [1.165, 1.54) is 25.7 Å². The van der Waals surface area contributed by atoms with Crippen molar-refractivity contribution in [1.82, 2.24) is 9.78 Å². The van der Waals surface area contributed by atoms with Crippen LogP contribution in [0.4, 0.5) is 0 Å². The summed E-state index contributed by atoms with van der Waals surface area (Å²) < 4.78 is 3.10. The van der Waals surface area contributed by atoms with E-state index in [1.54, 1.807) is 0 Å². The second-order valence-electron chi connectivity index (χ2n) is 7.05. The molecule has 0 bridgehead atoms. The Morgan fingerprint density at radius 1 is 1.33 bits per heavy atom. The molecule has 0 spiro atoms. The minimum Gasteiger partial charge on any atom is -0.392 e. The molecule has 1 aliphatic carbocycles. The van der Waals surface area contributed by atoms with Crippen molar-refractivity contribution < 1.29 is 5.11 Å². The Kier molecular flexibility index (Phi) is 5.53. The van der Waals surface area contributed by atoms with Crippen LogP contribution < -0.4 is 0 Å². The summed E-state index contributed by atoms with van der Waals surface area (Å²) in [4.78, 5) is 0. The smallest absolute Gasteiger partial charge is 0.0738 e. The molecular formula is C17H29BrN2O. The summed E-state index contributed by atoms with van der Waals surface area (Å²) in [7, 11) is 0. The van der Waals surface area contributed by atoms with Gasteiger partial charge in [0.05, 0.1) is 22.0 Å². The monoisotopic (exact) mass is 356 g/mol. The van der Waals surface area contributed by atoms with E-state index in [-0.39, 0.29) is 11.5 Å². The van der Waals surface area contributed by atoms with Gasteiger partial charge >= 0.3 is 0 Å². The van der Waals surface area contributed by atoms with Crippen molar-refractivity contribution in [1.29, 1.82) is 0 Å². The van der Waals surface area contributed by atoms with Crippen LogP contribution in [0.25, 0.3) is 0 Å². The van der Waals surface area contributed by atoms with E-state index in [0.717, 1.165) is 28.8 Å². The van der Waals surface area contributed by atoms with Gasteiger partial charge in [0.1, 0.15) is 0 Å². The number of hydrogen-bond acceptors (Lipinski definition) is 2. The number of rotatable bonds is 6. The largest absolute Gasteiger partial charge is 0.392 e. The molecule has 0 aromatic carbocycles. The van der Waals surface area contributed by atoms with Crippen LogP contribution in [0.5, 0.6) is 0 Å². The minimum absolute atomic E-state index is 0.115. The number of aliphatic hydroxyl groups is 1. The third-order valence-electron chi connectivity index (χ3n) is 4.96. The summed E-state index contributed by atoms with van der Waals surface area (Å²) in [5.74, 6) is 0.638. The van der Waals surface area contributed by atoms with Gasteiger partial charge in [0.15, 0.2) is 0 Å². The standard InChI is InChI=1S/C17H29BrN2O/c1-5-20-14(16(18)13(4)19-20)10-15(21)17(11-12(2)3)8-6-7-9-17/h12,15,21H,5-11H2,1-4H3. The third kappa shape index (κ3) is 3.53. The van der Waals surface area contributed by atoms with E-state index in [0.29, 0.717) is 12.3 Å². The lowest BCUT2D eigenvalue weighted by atomic mass is 9.72. The molecule has 0 aliphatic heterocycles. The van der Waals surface area contributed by atoms with Crippen molar-refractivity contribution in [3.8, 4) is 0 Å². The van der Waals surface area contributed by atoms with E-state index in [4.69, 9.17) is 0 Å². The van der Waals surface area contributed by atoms with Crippen molar-refractivity contribution in [2.45, 2.75) is 78.9 Å². The molecule has 1 N–H and O–H groups in total. The Hall–Kier alpha value is -0.350. The van der Waals surface area contributed by atoms with Crippen molar-refractivity contribution >= 4 is 15.9 Å². The molecule has 1 unspecified atom stereocenters. The lowest BCUT2D eigenvalue weighted by molar-refractivity contribution is 0.0119. The van der Waals surface area contributed by atoms with Gasteiger partial charge in [-0.25, -0.2) is 0 Å². The van der Waals surface area contributed by atoms with E-state index >= 15 is 0 Å². The highest BCUT2D eigenvalue weighted by molar-refractivity contribution is 9.10. The average Bonchev–Trinajstić information content (AvgIpc) is 2.99. The zero-order valence-corrected chi connectivity index (χ0v) is 15.4. The maximum Gasteiger partial charge on any atom is 0.0738 e. The number of aliphatic hydroxyl groups excluding tert-OH is 1. The maximum atomic E-state index is 11.0. The van der Waals surface area contributed by atoms with Gasteiger partial charge < -0.3 is 5.11 Å². The zero-order valence-electron chi connectivity index (χ0n) is 13.8. The minimum atomic E-state index is -0.264. The van der Waals surface area contributed by atoms with Crippen LogP contribution >= 0.6 is 15.9 Å². The molecule has 21 heavy (non-hydrogen) atoms. The first-order valence-electron chi connectivity index (χ1n) is 8.29. The number of hydrogen-bond donors (Lipinski definition) is 1. The van der Waals surface area contributed by atoms with Crippen LogP contribution in [-0.4, -0.2) is 21.0 Å². The maximum absolute atomic E-state index is 11.0. The van der Waals surface area contributed by atoms with Gasteiger partial charge in [0.25, 0.3) is 0 Å². The van der Waals surface area contributed by atoms with Gasteiger partial charge in [-0.1, -0.05) is 26.7 Å².